The molecule has 0 aliphatic heterocycles. The molecule has 0 fully saturated rings. The number of halogens is 1. The number of phenols is 2. The molecule has 0 amide bonds. The van der Waals surface area contributed by atoms with Gasteiger partial charge in [-0.3, -0.25) is 0 Å². The SMILES string of the molecule is Cc1c(O)ccc(-c2ccc(Cl)cc2)c1O. The average Bonchev–Trinajstić information content (AvgIpc) is 2.28. The summed E-state index contributed by atoms with van der Waals surface area (Å²) >= 11 is 5.79. The summed E-state index contributed by atoms with van der Waals surface area (Å²) in [5, 5.41) is 20.0. The van der Waals surface area contributed by atoms with Crippen LogP contribution >= 0.6 is 11.6 Å². The van der Waals surface area contributed by atoms with Crippen molar-refractivity contribution in [3.63, 3.8) is 0 Å². The van der Waals surface area contributed by atoms with Crippen LogP contribution in [0.4, 0.5) is 0 Å². The highest BCUT2D eigenvalue weighted by molar-refractivity contribution is 6.30. The number of rotatable bonds is 1. The molecular weight excluding hydrogens is 224 g/mol. The first kappa shape index (κ1) is 10.8. The highest BCUT2D eigenvalue weighted by Gasteiger charge is 2.09. The molecular formula is C13H11ClO2. The Morgan fingerprint density at radius 3 is 2.19 bits per heavy atom. The molecule has 0 aromatic heterocycles. The third-order valence-corrected chi connectivity index (χ3v) is 2.81. The third kappa shape index (κ3) is 1.84. The van der Waals surface area contributed by atoms with Crippen molar-refractivity contribution in [3.8, 4) is 22.6 Å². The van der Waals surface area contributed by atoms with E-state index in [1.165, 1.54) is 0 Å². The van der Waals surface area contributed by atoms with Gasteiger partial charge in [-0.1, -0.05) is 23.7 Å². The molecule has 3 heteroatoms. The van der Waals surface area contributed by atoms with Crippen molar-refractivity contribution in [3.05, 3.63) is 47.0 Å². The Kier molecular flexibility index (Phi) is 2.75. The normalized spacial score (nSPS) is 10.4. The highest BCUT2D eigenvalue weighted by atomic mass is 35.5. The van der Waals surface area contributed by atoms with Crippen LogP contribution in [0.3, 0.4) is 0 Å². The topological polar surface area (TPSA) is 40.5 Å². The lowest BCUT2D eigenvalue weighted by Gasteiger charge is -2.08. The van der Waals surface area contributed by atoms with E-state index in [4.69, 9.17) is 11.6 Å². The lowest BCUT2D eigenvalue weighted by Crippen LogP contribution is -1.83. The van der Waals surface area contributed by atoms with E-state index in [0.29, 0.717) is 16.1 Å². The Hall–Kier alpha value is -1.67. The van der Waals surface area contributed by atoms with E-state index in [1.54, 1.807) is 31.2 Å². The van der Waals surface area contributed by atoms with E-state index in [9.17, 15) is 10.2 Å². The first-order chi connectivity index (χ1) is 7.59. The van der Waals surface area contributed by atoms with Crippen LogP contribution in [0, 0.1) is 6.92 Å². The summed E-state index contributed by atoms with van der Waals surface area (Å²) in [6.45, 7) is 1.67. The van der Waals surface area contributed by atoms with Gasteiger partial charge in [0.05, 0.1) is 0 Å². The lowest BCUT2D eigenvalue weighted by molar-refractivity contribution is 0.444. The van der Waals surface area contributed by atoms with Gasteiger partial charge in [0.1, 0.15) is 11.5 Å². The minimum absolute atomic E-state index is 0.0928. The van der Waals surface area contributed by atoms with Crippen LogP contribution in [-0.4, -0.2) is 10.2 Å². The summed E-state index contributed by atoms with van der Waals surface area (Å²) in [6.07, 6.45) is 0. The zero-order valence-corrected chi connectivity index (χ0v) is 9.49. The lowest BCUT2D eigenvalue weighted by atomic mass is 10.0. The number of hydrogen-bond donors (Lipinski definition) is 2. The second-order valence-corrected chi connectivity index (χ2v) is 4.05. The van der Waals surface area contributed by atoms with Crippen molar-refractivity contribution in [2.75, 3.05) is 0 Å². The van der Waals surface area contributed by atoms with Crippen molar-refractivity contribution >= 4 is 11.6 Å². The largest absolute Gasteiger partial charge is 0.508 e. The van der Waals surface area contributed by atoms with E-state index in [-0.39, 0.29) is 11.5 Å². The molecule has 0 saturated carbocycles. The van der Waals surface area contributed by atoms with Gasteiger partial charge in [-0.15, -0.1) is 0 Å². The molecule has 0 atom stereocenters. The van der Waals surface area contributed by atoms with Gasteiger partial charge in [0.25, 0.3) is 0 Å². The van der Waals surface area contributed by atoms with Gasteiger partial charge < -0.3 is 10.2 Å². The van der Waals surface area contributed by atoms with Crippen LogP contribution in [0.1, 0.15) is 5.56 Å². The van der Waals surface area contributed by atoms with Crippen molar-refractivity contribution < 1.29 is 10.2 Å². The molecule has 0 heterocycles. The minimum Gasteiger partial charge on any atom is -0.508 e. The fraction of sp³-hybridized carbons (Fsp3) is 0.0769. The first-order valence-electron chi connectivity index (χ1n) is 4.87. The summed E-state index contributed by atoms with van der Waals surface area (Å²) in [4.78, 5) is 0. The first-order valence-corrected chi connectivity index (χ1v) is 5.25. The van der Waals surface area contributed by atoms with Crippen LogP contribution in [0.2, 0.25) is 5.02 Å². The van der Waals surface area contributed by atoms with Gasteiger partial charge in [0, 0.05) is 16.1 Å². The minimum atomic E-state index is 0.0928. The Bertz CT molecular complexity index is 518. The summed E-state index contributed by atoms with van der Waals surface area (Å²) in [5.74, 6) is 0.192. The highest BCUT2D eigenvalue weighted by Crippen LogP contribution is 2.36. The Labute approximate surface area is 98.7 Å². The fourth-order valence-electron chi connectivity index (χ4n) is 1.55. The standard InChI is InChI=1S/C13H11ClO2/c1-8-12(15)7-6-11(13(8)16)9-2-4-10(14)5-3-9/h2-7,15-16H,1H3. The van der Waals surface area contributed by atoms with Crippen LogP contribution in [0.5, 0.6) is 11.5 Å². The molecule has 0 aliphatic carbocycles. The van der Waals surface area contributed by atoms with E-state index in [1.807, 2.05) is 12.1 Å². The van der Waals surface area contributed by atoms with Crippen molar-refractivity contribution in [2.24, 2.45) is 0 Å². The quantitative estimate of drug-likeness (QED) is 0.789. The number of phenolic OH excluding ortho intramolecular Hbond substituents is 2. The maximum Gasteiger partial charge on any atom is 0.129 e. The van der Waals surface area contributed by atoms with Crippen LogP contribution in [0.15, 0.2) is 36.4 Å². The van der Waals surface area contributed by atoms with Gasteiger partial charge in [-0.2, -0.15) is 0 Å². The molecule has 0 spiro atoms. The average molecular weight is 235 g/mol. The summed E-state index contributed by atoms with van der Waals surface area (Å²) in [5.41, 5.74) is 2.03. The van der Waals surface area contributed by atoms with E-state index < -0.39 is 0 Å². The van der Waals surface area contributed by atoms with Crippen LogP contribution in [0.25, 0.3) is 11.1 Å². The number of benzene rings is 2. The smallest absolute Gasteiger partial charge is 0.129 e. The van der Waals surface area contributed by atoms with Crippen molar-refractivity contribution in [2.45, 2.75) is 6.92 Å². The van der Waals surface area contributed by atoms with Crippen molar-refractivity contribution in [1.29, 1.82) is 0 Å². The molecule has 2 aromatic rings. The Balaban J connectivity index is 2.57. The van der Waals surface area contributed by atoms with Gasteiger partial charge in [-0.25, -0.2) is 0 Å². The zero-order valence-electron chi connectivity index (χ0n) is 8.74. The zero-order chi connectivity index (χ0) is 11.7. The predicted octanol–water partition coefficient (Wildman–Crippen LogP) is 3.73. The monoisotopic (exact) mass is 234 g/mol. The predicted molar refractivity (Wildman–Crippen MR) is 65.0 cm³/mol. The molecule has 82 valence electrons. The Morgan fingerprint density at radius 1 is 0.938 bits per heavy atom. The van der Waals surface area contributed by atoms with E-state index >= 15 is 0 Å². The van der Waals surface area contributed by atoms with Crippen LogP contribution in [-0.2, 0) is 0 Å². The summed E-state index contributed by atoms with van der Waals surface area (Å²) in [6, 6.07) is 10.4. The second kappa shape index (κ2) is 4.06. The number of hydrogen-bond acceptors (Lipinski definition) is 2. The maximum absolute atomic E-state index is 9.91. The second-order valence-electron chi connectivity index (χ2n) is 3.61. The molecule has 0 unspecified atom stereocenters. The van der Waals surface area contributed by atoms with Gasteiger partial charge in [0.2, 0.25) is 0 Å². The molecule has 2 nitrogen and oxygen atoms in total. The molecule has 2 aromatic carbocycles. The fourth-order valence-corrected chi connectivity index (χ4v) is 1.68. The van der Waals surface area contributed by atoms with E-state index in [0.717, 1.165) is 5.56 Å². The van der Waals surface area contributed by atoms with Crippen LogP contribution < -0.4 is 0 Å². The summed E-state index contributed by atoms with van der Waals surface area (Å²) < 4.78 is 0. The maximum atomic E-state index is 9.91. The van der Waals surface area contributed by atoms with Gasteiger partial charge in [-0.05, 0) is 36.8 Å². The molecule has 0 saturated heterocycles. The third-order valence-electron chi connectivity index (χ3n) is 2.56. The molecule has 0 aliphatic rings. The van der Waals surface area contributed by atoms with Gasteiger partial charge >= 0.3 is 0 Å². The molecule has 2 N–H and O–H groups in total. The molecule has 0 radical (unpaired) electrons. The molecule has 2 rings (SSSR count). The van der Waals surface area contributed by atoms with Gasteiger partial charge in [0.15, 0.2) is 0 Å². The number of aromatic hydroxyl groups is 2. The van der Waals surface area contributed by atoms with E-state index in [2.05, 4.69) is 0 Å². The molecule has 0 bridgehead atoms. The molecule has 16 heavy (non-hydrogen) atoms. The summed E-state index contributed by atoms with van der Waals surface area (Å²) in [7, 11) is 0. The van der Waals surface area contributed by atoms with Crippen molar-refractivity contribution in [1.82, 2.24) is 0 Å². The Morgan fingerprint density at radius 2 is 1.56 bits per heavy atom.